The minimum Gasteiger partial charge on any atom is -0.389 e. The third-order valence-electron chi connectivity index (χ3n) is 4.49. The Kier molecular flexibility index (Phi) is 6.27. The maximum Gasteiger partial charge on any atom is 0.176 e. The lowest BCUT2D eigenvalue weighted by Gasteiger charge is -2.46. The first-order valence-corrected chi connectivity index (χ1v) is 7.45. The van der Waals surface area contributed by atoms with Gasteiger partial charge in [-0.1, -0.05) is 0 Å². The standard InChI is InChI=1S/C12H26N4O7/c13-2-5-8(18)9(19)6(15)12(22-5)23-11-4(16-21)1-3(14)7(17)10(11)20/h3-12,16-21H,1-2,13-15H2/t3-,4+,5-,6-,7+,8-,9-,10-,11-,12-/m1/s1. The second-order valence-electron chi connectivity index (χ2n) is 6.05. The van der Waals surface area contributed by atoms with Crippen molar-refractivity contribution in [2.24, 2.45) is 17.2 Å². The largest absolute Gasteiger partial charge is 0.389 e. The molecule has 0 spiro atoms. The second-order valence-corrected chi connectivity index (χ2v) is 6.05. The van der Waals surface area contributed by atoms with Gasteiger partial charge >= 0.3 is 0 Å². The van der Waals surface area contributed by atoms with Crippen LogP contribution in [0.2, 0.25) is 0 Å². The van der Waals surface area contributed by atoms with Crippen LogP contribution in [0.3, 0.4) is 0 Å². The topological polar surface area (TPSA) is 210 Å². The molecule has 1 saturated heterocycles. The van der Waals surface area contributed by atoms with Crippen LogP contribution in [-0.2, 0) is 9.47 Å². The average Bonchev–Trinajstić information content (AvgIpc) is 2.55. The SMILES string of the molecule is NC[C@H]1O[C@H](O[C@H]2[C@H](O)[C@@H](O)[C@H](N)C[C@@H]2NO)[C@H](N)[C@@H](O)[C@@H]1O. The first kappa shape index (κ1) is 18.9. The van der Waals surface area contributed by atoms with E-state index in [-0.39, 0.29) is 13.0 Å². The zero-order chi connectivity index (χ0) is 17.3. The van der Waals surface area contributed by atoms with Crippen LogP contribution in [0.4, 0.5) is 0 Å². The maximum absolute atomic E-state index is 10.1. The van der Waals surface area contributed by atoms with Gasteiger partial charge in [-0.25, -0.2) is 0 Å². The van der Waals surface area contributed by atoms with Gasteiger partial charge in [0.25, 0.3) is 0 Å². The van der Waals surface area contributed by atoms with E-state index in [1.165, 1.54) is 0 Å². The normalized spacial score (nSPS) is 51.7. The molecule has 0 amide bonds. The van der Waals surface area contributed by atoms with Crippen molar-refractivity contribution in [1.82, 2.24) is 5.48 Å². The van der Waals surface area contributed by atoms with E-state index in [0.717, 1.165) is 0 Å². The highest BCUT2D eigenvalue weighted by Crippen LogP contribution is 2.27. The minimum absolute atomic E-state index is 0.0762. The smallest absolute Gasteiger partial charge is 0.176 e. The Bertz CT molecular complexity index is 388. The van der Waals surface area contributed by atoms with E-state index in [0.29, 0.717) is 0 Å². The van der Waals surface area contributed by atoms with Gasteiger partial charge in [0.1, 0.15) is 30.5 Å². The highest BCUT2D eigenvalue weighted by Gasteiger charge is 2.48. The number of ether oxygens (including phenoxy) is 2. The third-order valence-corrected chi connectivity index (χ3v) is 4.49. The molecule has 2 aliphatic rings. The summed E-state index contributed by atoms with van der Waals surface area (Å²) < 4.78 is 11.0. The summed E-state index contributed by atoms with van der Waals surface area (Å²) in [5.74, 6) is 0. The molecule has 0 bridgehead atoms. The molecule has 12 N–H and O–H groups in total. The van der Waals surface area contributed by atoms with Crippen molar-refractivity contribution in [2.45, 2.75) is 67.5 Å². The lowest BCUT2D eigenvalue weighted by molar-refractivity contribution is -0.291. The van der Waals surface area contributed by atoms with Crippen LogP contribution in [-0.4, -0.2) is 93.2 Å². The van der Waals surface area contributed by atoms with E-state index in [1.54, 1.807) is 0 Å². The molecule has 2 fully saturated rings. The first-order valence-electron chi connectivity index (χ1n) is 7.45. The molecule has 1 heterocycles. The zero-order valence-electron chi connectivity index (χ0n) is 12.5. The Labute approximate surface area is 132 Å². The number of rotatable bonds is 4. The molecule has 2 rings (SSSR count). The van der Waals surface area contributed by atoms with Gasteiger partial charge in [0.15, 0.2) is 6.29 Å². The van der Waals surface area contributed by atoms with Gasteiger partial charge in [-0.15, -0.1) is 0 Å². The molecule has 0 unspecified atom stereocenters. The molecule has 0 aromatic rings. The lowest BCUT2D eigenvalue weighted by atomic mass is 9.84. The summed E-state index contributed by atoms with van der Waals surface area (Å²) >= 11 is 0. The molecule has 11 nitrogen and oxygen atoms in total. The Hall–Kier alpha value is -0.440. The van der Waals surface area contributed by atoms with Crippen molar-refractivity contribution < 1.29 is 35.1 Å². The number of hydrogen-bond acceptors (Lipinski definition) is 11. The van der Waals surface area contributed by atoms with Crippen LogP contribution < -0.4 is 22.7 Å². The molecule has 1 aliphatic heterocycles. The van der Waals surface area contributed by atoms with Crippen LogP contribution in [0.1, 0.15) is 6.42 Å². The number of aliphatic hydroxyl groups is 4. The number of nitrogens with one attached hydrogen (secondary N) is 1. The molecule has 0 aromatic heterocycles. The second kappa shape index (κ2) is 7.63. The van der Waals surface area contributed by atoms with E-state index in [1.807, 2.05) is 5.48 Å². The summed E-state index contributed by atoms with van der Waals surface area (Å²) in [5, 5.41) is 49.0. The fourth-order valence-electron chi connectivity index (χ4n) is 2.98. The van der Waals surface area contributed by atoms with Crippen molar-refractivity contribution in [3.8, 4) is 0 Å². The maximum atomic E-state index is 10.1. The lowest BCUT2D eigenvalue weighted by Crippen LogP contribution is -2.67. The van der Waals surface area contributed by atoms with Crippen LogP contribution in [0.5, 0.6) is 0 Å². The zero-order valence-corrected chi connectivity index (χ0v) is 12.5. The van der Waals surface area contributed by atoms with Crippen LogP contribution in [0.25, 0.3) is 0 Å². The van der Waals surface area contributed by atoms with E-state index >= 15 is 0 Å². The summed E-state index contributed by atoms with van der Waals surface area (Å²) in [6.07, 6.45) is -8.32. The monoisotopic (exact) mass is 338 g/mol. The van der Waals surface area contributed by atoms with Crippen molar-refractivity contribution in [1.29, 1.82) is 0 Å². The summed E-state index contributed by atoms with van der Waals surface area (Å²) in [7, 11) is 0. The molecule has 0 aromatic carbocycles. The predicted molar refractivity (Wildman–Crippen MR) is 75.9 cm³/mol. The van der Waals surface area contributed by atoms with Gasteiger partial charge in [-0.3, -0.25) is 0 Å². The molecule has 1 aliphatic carbocycles. The minimum atomic E-state index is -1.40. The highest BCUT2D eigenvalue weighted by molar-refractivity contribution is 4.99. The van der Waals surface area contributed by atoms with Gasteiger partial charge in [0.2, 0.25) is 0 Å². The summed E-state index contributed by atoms with van der Waals surface area (Å²) in [5.41, 5.74) is 18.9. The summed E-state index contributed by atoms with van der Waals surface area (Å²) in [6, 6.07) is -2.63. The van der Waals surface area contributed by atoms with Gasteiger partial charge in [-0.2, -0.15) is 5.48 Å². The average molecular weight is 338 g/mol. The molecule has 11 heteroatoms. The molecule has 10 atom stereocenters. The number of hydroxylamine groups is 1. The number of nitrogens with two attached hydrogens (primary N) is 3. The quantitative estimate of drug-likeness (QED) is 0.221. The Morgan fingerprint density at radius 1 is 1.04 bits per heavy atom. The molecule has 23 heavy (non-hydrogen) atoms. The van der Waals surface area contributed by atoms with E-state index in [4.69, 9.17) is 26.7 Å². The summed E-state index contributed by atoms with van der Waals surface area (Å²) in [6.45, 7) is -0.0762. The first-order chi connectivity index (χ1) is 10.8. The molecule has 1 saturated carbocycles. The van der Waals surface area contributed by atoms with Gasteiger partial charge in [-0.05, 0) is 6.42 Å². The Morgan fingerprint density at radius 2 is 1.70 bits per heavy atom. The van der Waals surface area contributed by atoms with Crippen LogP contribution >= 0.6 is 0 Å². The fraction of sp³-hybridized carbons (Fsp3) is 1.00. The molecular weight excluding hydrogens is 312 g/mol. The van der Waals surface area contributed by atoms with Gasteiger partial charge in [0.05, 0.1) is 18.2 Å². The predicted octanol–water partition coefficient (Wildman–Crippen LogP) is -5.10. The number of hydrogen-bond donors (Lipinski definition) is 9. The highest BCUT2D eigenvalue weighted by atomic mass is 16.7. The van der Waals surface area contributed by atoms with Crippen molar-refractivity contribution in [2.75, 3.05) is 6.54 Å². The van der Waals surface area contributed by atoms with Crippen molar-refractivity contribution in [3.05, 3.63) is 0 Å². The van der Waals surface area contributed by atoms with Crippen molar-refractivity contribution >= 4 is 0 Å². The van der Waals surface area contributed by atoms with Crippen molar-refractivity contribution in [3.63, 3.8) is 0 Å². The molecule has 0 radical (unpaired) electrons. The van der Waals surface area contributed by atoms with Crippen LogP contribution in [0, 0.1) is 0 Å². The fourth-order valence-corrected chi connectivity index (χ4v) is 2.98. The van der Waals surface area contributed by atoms with E-state index < -0.39 is 61.0 Å². The van der Waals surface area contributed by atoms with Gasteiger partial charge < -0.3 is 52.3 Å². The summed E-state index contributed by atoms with van der Waals surface area (Å²) in [4.78, 5) is 0. The molecular formula is C12H26N4O7. The number of aliphatic hydroxyl groups excluding tert-OH is 4. The van der Waals surface area contributed by atoms with E-state index in [9.17, 15) is 25.6 Å². The third kappa shape index (κ3) is 3.65. The Balaban J connectivity index is 2.11. The molecule has 136 valence electrons. The van der Waals surface area contributed by atoms with Crippen LogP contribution in [0.15, 0.2) is 0 Å². The Morgan fingerprint density at radius 3 is 2.26 bits per heavy atom. The van der Waals surface area contributed by atoms with Gasteiger partial charge in [0, 0.05) is 12.6 Å². The van der Waals surface area contributed by atoms with E-state index in [2.05, 4.69) is 0 Å².